The van der Waals surface area contributed by atoms with Gasteiger partial charge in [0.25, 0.3) is 11.5 Å². The quantitative estimate of drug-likeness (QED) is 0.554. The van der Waals surface area contributed by atoms with Crippen LogP contribution in [0.4, 0.5) is 0 Å². The zero-order chi connectivity index (χ0) is 21.1. The summed E-state index contributed by atoms with van der Waals surface area (Å²) in [6.45, 7) is 2.22. The van der Waals surface area contributed by atoms with Crippen molar-refractivity contribution in [1.29, 1.82) is 0 Å². The van der Waals surface area contributed by atoms with E-state index in [9.17, 15) is 14.4 Å². The van der Waals surface area contributed by atoms with Crippen molar-refractivity contribution >= 4 is 16.9 Å². The minimum Gasteiger partial charge on any atom is -0.352 e. The summed E-state index contributed by atoms with van der Waals surface area (Å²) in [5.74, 6) is -0.279. The van der Waals surface area contributed by atoms with Gasteiger partial charge in [0, 0.05) is 25.3 Å². The number of fused-ring (bicyclic) bond motifs is 1. The van der Waals surface area contributed by atoms with Crippen LogP contribution >= 0.6 is 0 Å². The van der Waals surface area contributed by atoms with E-state index in [1.165, 1.54) is 22.4 Å². The zero-order valence-corrected chi connectivity index (χ0v) is 16.9. The van der Waals surface area contributed by atoms with Crippen molar-refractivity contribution in [1.82, 2.24) is 24.8 Å². The van der Waals surface area contributed by atoms with Gasteiger partial charge < -0.3 is 10.2 Å². The summed E-state index contributed by atoms with van der Waals surface area (Å²) in [5, 5.41) is 3.14. The number of nitrogens with one attached hydrogen (secondary N) is 2. The van der Waals surface area contributed by atoms with Crippen molar-refractivity contribution < 1.29 is 4.79 Å². The molecule has 1 aromatic carbocycles. The van der Waals surface area contributed by atoms with Crippen LogP contribution in [0, 0.1) is 0 Å². The van der Waals surface area contributed by atoms with Crippen molar-refractivity contribution in [2.24, 2.45) is 0 Å². The number of carbonyl (C=O) groups is 1. The number of hydrogen-bond donors (Lipinski definition) is 2. The van der Waals surface area contributed by atoms with Crippen LogP contribution in [0.3, 0.4) is 0 Å². The number of rotatable bonds is 8. The molecule has 8 heteroatoms. The number of H-pyrrole nitrogens is 1. The molecule has 1 fully saturated rings. The van der Waals surface area contributed by atoms with Crippen LogP contribution in [-0.4, -0.2) is 45.5 Å². The van der Waals surface area contributed by atoms with E-state index in [0.29, 0.717) is 17.8 Å². The molecule has 0 radical (unpaired) electrons. The minimum atomic E-state index is -0.517. The SMILES string of the molecule is CN(CCCNC(=O)c1cnc2c(c1)c(=O)[nH]c(=O)n2C1CC1)Cc1ccccc1. The van der Waals surface area contributed by atoms with Crippen molar-refractivity contribution in [2.45, 2.75) is 31.8 Å². The predicted molar refractivity (Wildman–Crippen MR) is 115 cm³/mol. The largest absolute Gasteiger partial charge is 0.352 e. The first-order valence-electron chi connectivity index (χ1n) is 10.2. The Morgan fingerprint density at radius 2 is 2.03 bits per heavy atom. The first-order valence-corrected chi connectivity index (χ1v) is 10.2. The third-order valence-electron chi connectivity index (χ3n) is 5.25. The van der Waals surface area contributed by atoms with Crippen LogP contribution in [0.25, 0.3) is 11.0 Å². The van der Waals surface area contributed by atoms with Crippen molar-refractivity contribution in [3.8, 4) is 0 Å². The van der Waals surface area contributed by atoms with Crippen molar-refractivity contribution in [3.63, 3.8) is 0 Å². The number of aromatic nitrogens is 3. The van der Waals surface area contributed by atoms with E-state index in [2.05, 4.69) is 32.3 Å². The van der Waals surface area contributed by atoms with Gasteiger partial charge in [0.05, 0.1) is 10.9 Å². The number of hydrogen-bond acceptors (Lipinski definition) is 5. The Bertz CT molecular complexity index is 1160. The fourth-order valence-corrected chi connectivity index (χ4v) is 3.56. The number of benzene rings is 1. The molecule has 3 aromatic rings. The summed E-state index contributed by atoms with van der Waals surface area (Å²) in [7, 11) is 2.05. The van der Waals surface area contributed by atoms with Gasteiger partial charge in [-0.15, -0.1) is 0 Å². The monoisotopic (exact) mass is 407 g/mol. The molecule has 0 atom stereocenters. The smallest absolute Gasteiger partial charge is 0.330 e. The summed E-state index contributed by atoms with van der Waals surface area (Å²) in [5.41, 5.74) is 0.939. The van der Waals surface area contributed by atoms with Gasteiger partial charge in [-0.3, -0.25) is 19.1 Å². The second-order valence-corrected chi connectivity index (χ2v) is 7.79. The number of aromatic amines is 1. The van der Waals surface area contributed by atoms with Gasteiger partial charge in [0.2, 0.25) is 0 Å². The first-order chi connectivity index (χ1) is 14.5. The summed E-state index contributed by atoms with van der Waals surface area (Å²) >= 11 is 0. The van der Waals surface area contributed by atoms with Crippen LogP contribution in [0.5, 0.6) is 0 Å². The molecule has 4 rings (SSSR count). The Morgan fingerprint density at radius 3 is 2.77 bits per heavy atom. The lowest BCUT2D eigenvalue weighted by Gasteiger charge is -2.16. The van der Waals surface area contributed by atoms with E-state index in [-0.39, 0.29) is 17.3 Å². The lowest BCUT2D eigenvalue weighted by atomic mass is 10.2. The zero-order valence-electron chi connectivity index (χ0n) is 16.9. The highest BCUT2D eigenvalue weighted by Crippen LogP contribution is 2.34. The molecule has 1 amide bonds. The Kier molecular flexibility index (Phi) is 5.76. The van der Waals surface area contributed by atoms with Crippen molar-refractivity contribution in [2.75, 3.05) is 20.1 Å². The maximum atomic E-state index is 12.5. The van der Waals surface area contributed by atoms with E-state index >= 15 is 0 Å². The van der Waals surface area contributed by atoms with Crippen LogP contribution < -0.4 is 16.6 Å². The van der Waals surface area contributed by atoms with Gasteiger partial charge in [-0.2, -0.15) is 0 Å². The lowest BCUT2D eigenvalue weighted by molar-refractivity contribution is 0.0951. The molecule has 30 heavy (non-hydrogen) atoms. The maximum Gasteiger partial charge on any atom is 0.330 e. The fourth-order valence-electron chi connectivity index (χ4n) is 3.56. The Labute approximate surface area is 173 Å². The number of amides is 1. The van der Waals surface area contributed by atoms with Crippen molar-refractivity contribution in [3.05, 3.63) is 74.6 Å². The van der Waals surface area contributed by atoms with E-state index in [4.69, 9.17) is 0 Å². The number of carbonyl (C=O) groups excluding carboxylic acids is 1. The standard InChI is InChI=1S/C22H25N5O3/c1-26(14-15-6-3-2-4-7-15)11-5-10-23-20(28)16-12-18-19(24-13-16)27(17-8-9-17)22(30)25-21(18)29/h2-4,6-7,12-13,17H,5,8-11,14H2,1H3,(H,23,28)(H,25,29,30). The van der Waals surface area contributed by atoms with Crippen LogP contribution in [-0.2, 0) is 6.54 Å². The molecule has 1 aliphatic carbocycles. The van der Waals surface area contributed by atoms with Gasteiger partial charge in [0.15, 0.2) is 0 Å². The van der Waals surface area contributed by atoms with Gasteiger partial charge in [-0.1, -0.05) is 30.3 Å². The average molecular weight is 407 g/mol. The number of pyridine rings is 1. The Balaban J connectivity index is 1.35. The summed E-state index contributed by atoms with van der Waals surface area (Å²) in [6.07, 6.45) is 4.02. The molecule has 0 unspecified atom stereocenters. The van der Waals surface area contributed by atoms with E-state index in [0.717, 1.165) is 32.4 Å². The molecule has 2 aromatic heterocycles. The summed E-state index contributed by atoms with van der Waals surface area (Å²) in [6, 6.07) is 11.8. The van der Waals surface area contributed by atoms with Gasteiger partial charge >= 0.3 is 5.69 Å². The molecule has 2 heterocycles. The molecule has 0 aliphatic heterocycles. The molecule has 0 spiro atoms. The van der Waals surface area contributed by atoms with Gasteiger partial charge in [0.1, 0.15) is 5.65 Å². The molecular formula is C22H25N5O3. The van der Waals surface area contributed by atoms with Crippen LogP contribution in [0.2, 0.25) is 0 Å². The number of nitrogens with zero attached hydrogens (tertiary/aromatic N) is 3. The molecule has 0 saturated heterocycles. The van der Waals surface area contributed by atoms with E-state index in [1.54, 1.807) is 0 Å². The predicted octanol–water partition coefficient (Wildman–Crippen LogP) is 1.67. The highest BCUT2D eigenvalue weighted by atomic mass is 16.2. The third kappa shape index (κ3) is 4.49. The van der Waals surface area contributed by atoms with E-state index in [1.807, 2.05) is 25.2 Å². The average Bonchev–Trinajstić information content (AvgIpc) is 3.56. The second kappa shape index (κ2) is 8.62. The third-order valence-corrected chi connectivity index (χ3v) is 5.25. The summed E-state index contributed by atoms with van der Waals surface area (Å²) < 4.78 is 1.51. The normalized spacial score (nSPS) is 13.7. The van der Waals surface area contributed by atoms with Crippen LogP contribution in [0.15, 0.2) is 52.2 Å². The topological polar surface area (TPSA) is 100 Å². The maximum absolute atomic E-state index is 12.5. The van der Waals surface area contributed by atoms with Gasteiger partial charge in [-0.25, -0.2) is 9.78 Å². The fraction of sp³-hybridized carbons (Fsp3) is 0.364. The summed E-state index contributed by atoms with van der Waals surface area (Å²) in [4.78, 5) is 45.6. The molecule has 1 saturated carbocycles. The highest BCUT2D eigenvalue weighted by Gasteiger charge is 2.27. The Morgan fingerprint density at radius 1 is 1.27 bits per heavy atom. The van der Waals surface area contributed by atoms with Crippen LogP contribution in [0.1, 0.15) is 41.2 Å². The first kappa shape index (κ1) is 20.0. The minimum absolute atomic E-state index is 0.0805. The molecule has 8 nitrogen and oxygen atoms in total. The highest BCUT2D eigenvalue weighted by molar-refractivity contribution is 5.96. The molecule has 2 N–H and O–H groups in total. The van der Waals surface area contributed by atoms with E-state index < -0.39 is 11.2 Å². The molecular weight excluding hydrogens is 382 g/mol. The molecule has 0 bridgehead atoms. The second-order valence-electron chi connectivity index (χ2n) is 7.79. The molecule has 156 valence electrons. The molecule has 1 aliphatic rings. The Hall–Kier alpha value is -3.26. The van der Waals surface area contributed by atoms with Gasteiger partial charge in [-0.05, 0) is 44.5 Å². The lowest BCUT2D eigenvalue weighted by Crippen LogP contribution is -2.31.